The van der Waals surface area contributed by atoms with Gasteiger partial charge in [0.05, 0.1) is 35.4 Å². The molecule has 2 aliphatic heterocycles. The van der Waals surface area contributed by atoms with Crippen molar-refractivity contribution in [3.8, 4) is 0 Å². The molecule has 1 amide bonds. The first-order valence-corrected chi connectivity index (χ1v) is 7.35. The van der Waals surface area contributed by atoms with Gasteiger partial charge in [-0.2, -0.15) is 5.10 Å². The second-order valence-corrected chi connectivity index (χ2v) is 5.86. The largest absolute Gasteiger partial charge is 1.00 e. The summed E-state index contributed by atoms with van der Waals surface area (Å²) < 4.78 is 1.71. The fraction of sp³-hybridized carbons (Fsp3) is 0.533. The van der Waals surface area contributed by atoms with E-state index in [1.165, 1.54) is 4.90 Å². The van der Waals surface area contributed by atoms with Gasteiger partial charge in [-0.25, -0.2) is 0 Å². The standard InChI is InChI=1S/C15H19N3O4.Na/c1-4-8-5-10(16-17(8)3)9-6-11-12(7(2)19)14(20)18(11)13(9)15(21)22;/h5,7,11-12,19H,4,6H2,1-3H3,(H,21,22);/q;+1/p-1/t7-,11-,12-;/m1./s1. The van der Waals surface area contributed by atoms with Gasteiger partial charge in [-0.3, -0.25) is 9.48 Å². The predicted molar refractivity (Wildman–Crippen MR) is 74.9 cm³/mol. The van der Waals surface area contributed by atoms with Gasteiger partial charge in [0.1, 0.15) is 0 Å². The molecule has 3 rings (SSSR count). The van der Waals surface area contributed by atoms with Crippen LogP contribution in [0.5, 0.6) is 0 Å². The van der Waals surface area contributed by atoms with Crippen LogP contribution in [0.2, 0.25) is 0 Å². The van der Waals surface area contributed by atoms with Gasteiger partial charge in [0.25, 0.3) is 0 Å². The molecule has 1 fully saturated rings. The van der Waals surface area contributed by atoms with E-state index in [2.05, 4.69) is 5.10 Å². The third kappa shape index (κ3) is 2.65. The second kappa shape index (κ2) is 6.39. The molecule has 0 bridgehead atoms. The first-order chi connectivity index (χ1) is 10.4. The summed E-state index contributed by atoms with van der Waals surface area (Å²) in [6.45, 7) is 3.54. The van der Waals surface area contributed by atoms with Crippen LogP contribution in [-0.4, -0.2) is 43.8 Å². The number of aliphatic hydroxyl groups excluding tert-OH is 1. The van der Waals surface area contributed by atoms with E-state index < -0.39 is 18.0 Å². The minimum atomic E-state index is -1.38. The molecule has 8 heteroatoms. The van der Waals surface area contributed by atoms with Crippen molar-refractivity contribution in [2.24, 2.45) is 13.0 Å². The van der Waals surface area contributed by atoms with Gasteiger partial charge in [0, 0.05) is 18.3 Å². The smallest absolute Gasteiger partial charge is 0.543 e. The Balaban J connectivity index is 0.00000192. The summed E-state index contributed by atoms with van der Waals surface area (Å²) in [4.78, 5) is 24.9. The van der Waals surface area contributed by atoms with Crippen molar-refractivity contribution >= 4 is 17.4 Å². The number of aromatic nitrogens is 2. The van der Waals surface area contributed by atoms with Gasteiger partial charge in [0.15, 0.2) is 0 Å². The Hall–Kier alpha value is -1.15. The molecule has 0 aromatic carbocycles. The monoisotopic (exact) mass is 327 g/mol. The molecule has 1 N–H and O–H groups in total. The van der Waals surface area contributed by atoms with E-state index in [4.69, 9.17) is 0 Å². The topological polar surface area (TPSA) is 98.5 Å². The number of fused-ring (bicyclic) bond motifs is 1. The van der Waals surface area contributed by atoms with Crippen LogP contribution >= 0.6 is 0 Å². The molecule has 23 heavy (non-hydrogen) atoms. The number of carboxylic acid groups (broad SMARTS) is 1. The maximum absolute atomic E-state index is 12.1. The summed E-state index contributed by atoms with van der Waals surface area (Å²) in [5.41, 5.74) is 1.95. The molecule has 7 nitrogen and oxygen atoms in total. The molecule has 2 aliphatic rings. The van der Waals surface area contributed by atoms with Crippen molar-refractivity contribution in [3.63, 3.8) is 0 Å². The number of β-lactam (4-membered cyclic amide) rings is 1. The average molecular weight is 327 g/mol. The van der Waals surface area contributed by atoms with Gasteiger partial charge < -0.3 is 19.9 Å². The summed E-state index contributed by atoms with van der Waals surface area (Å²) in [6.07, 6.45) is 0.357. The molecule has 1 saturated heterocycles. The van der Waals surface area contributed by atoms with E-state index in [1.807, 2.05) is 13.0 Å². The first-order valence-electron chi connectivity index (χ1n) is 7.35. The zero-order valence-electron chi connectivity index (χ0n) is 13.7. The van der Waals surface area contributed by atoms with Crippen molar-refractivity contribution in [1.29, 1.82) is 0 Å². The summed E-state index contributed by atoms with van der Waals surface area (Å²) in [6, 6.07) is 1.52. The third-order valence-electron chi connectivity index (χ3n) is 4.57. The van der Waals surface area contributed by atoms with E-state index in [-0.39, 0.29) is 47.2 Å². The Morgan fingerprint density at radius 1 is 1.57 bits per heavy atom. The maximum atomic E-state index is 12.1. The number of amides is 1. The number of aliphatic hydroxyl groups is 1. The third-order valence-corrected chi connectivity index (χ3v) is 4.57. The maximum Gasteiger partial charge on any atom is 1.00 e. The molecule has 0 saturated carbocycles. The van der Waals surface area contributed by atoms with Gasteiger partial charge in [-0.1, -0.05) is 6.92 Å². The number of aryl methyl sites for hydroxylation is 2. The summed E-state index contributed by atoms with van der Waals surface area (Å²) in [5.74, 6) is -2.29. The molecule has 0 unspecified atom stereocenters. The zero-order valence-corrected chi connectivity index (χ0v) is 15.7. The van der Waals surface area contributed by atoms with Crippen molar-refractivity contribution in [2.45, 2.75) is 38.8 Å². The summed E-state index contributed by atoms with van der Waals surface area (Å²) in [7, 11) is 1.80. The number of carboxylic acids is 1. The van der Waals surface area contributed by atoms with E-state index in [9.17, 15) is 19.8 Å². The Kier molecular flexibility index (Phi) is 5.06. The van der Waals surface area contributed by atoms with Gasteiger partial charge in [-0.15, -0.1) is 0 Å². The molecule has 3 atom stereocenters. The fourth-order valence-corrected chi connectivity index (χ4v) is 3.47. The summed E-state index contributed by atoms with van der Waals surface area (Å²) in [5, 5.41) is 25.6. The predicted octanol–water partition coefficient (Wildman–Crippen LogP) is -3.94. The van der Waals surface area contributed by atoms with Crippen LogP contribution in [0.4, 0.5) is 0 Å². The Bertz CT molecular complexity index is 695. The van der Waals surface area contributed by atoms with Crippen LogP contribution in [-0.2, 0) is 23.1 Å². The molecule has 0 spiro atoms. The molecular weight excluding hydrogens is 309 g/mol. The average Bonchev–Trinajstić information content (AvgIpc) is 2.96. The number of aliphatic carboxylic acids is 1. The van der Waals surface area contributed by atoms with Gasteiger partial charge >= 0.3 is 29.6 Å². The fourth-order valence-electron chi connectivity index (χ4n) is 3.47. The van der Waals surface area contributed by atoms with Crippen LogP contribution in [0.15, 0.2) is 11.8 Å². The minimum Gasteiger partial charge on any atom is -0.543 e. The van der Waals surface area contributed by atoms with Crippen LogP contribution in [0.3, 0.4) is 0 Å². The molecule has 0 aliphatic carbocycles. The number of nitrogens with zero attached hydrogens (tertiary/aromatic N) is 3. The normalized spacial score (nSPS) is 24.2. The van der Waals surface area contributed by atoms with Crippen LogP contribution in [0.1, 0.15) is 31.7 Å². The Labute approximate surface area is 156 Å². The van der Waals surface area contributed by atoms with E-state index >= 15 is 0 Å². The van der Waals surface area contributed by atoms with Crippen LogP contribution in [0, 0.1) is 5.92 Å². The zero-order chi connectivity index (χ0) is 16.2. The number of rotatable bonds is 4. The Morgan fingerprint density at radius 2 is 2.22 bits per heavy atom. The second-order valence-electron chi connectivity index (χ2n) is 5.86. The number of hydrogen-bond acceptors (Lipinski definition) is 5. The van der Waals surface area contributed by atoms with E-state index in [1.54, 1.807) is 18.7 Å². The van der Waals surface area contributed by atoms with Crippen molar-refractivity contribution in [3.05, 3.63) is 23.2 Å². The van der Waals surface area contributed by atoms with Crippen LogP contribution in [0.25, 0.3) is 5.57 Å². The number of carbonyl (C=O) groups excluding carboxylic acids is 2. The van der Waals surface area contributed by atoms with Crippen LogP contribution < -0.4 is 34.7 Å². The SMILES string of the molecule is CCc1cc(C2=C(C(=O)[O-])N3C(=O)[C@H]([C@@H](C)O)[C@H]3C2)nn1C.[Na+]. The minimum absolute atomic E-state index is 0. The molecule has 0 radical (unpaired) electrons. The van der Waals surface area contributed by atoms with Crippen molar-refractivity contribution in [2.75, 3.05) is 0 Å². The molecule has 3 heterocycles. The molecule has 1 aromatic heterocycles. The quantitative estimate of drug-likeness (QED) is 0.450. The molecule has 1 aromatic rings. The molecule has 118 valence electrons. The Morgan fingerprint density at radius 3 is 2.70 bits per heavy atom. The first kappa shape index (κ1) is 18.2. The molecular formula is C15H18N3NaO4. The number of hydrogen-bond donors (Lipinski definition) is 1. The van der Waals surface area contributed by atoms with Gasteiger partial charge in [-0.05, 0) is 25.8 Å². The van der Waals surface area contributed by atoms with Gasteiger partial charge in [0.2, 0.25) is 5.91 Å². The number of carbonyl (C=O) groups is 2. The van der Waals surface area contributed by atoms with Crippen molar-refractivity contribution < 1.29 is 49.4 Å². The van der Waals surface area contributed by atoms with Crippen molar-refractivity contribution in [1.82, 2.24) is 14.7 Å². The summed E-state index contributed by atoms with van der Waals surface area (Å²) >= 11 is 0. The van der Waals surface area contributed by atoms with E-state index in [0.29, 0.717) is 17.7 Å². The van der Waals surface area contributed by atoms with E-state index in [0.717, 1.165) is 12.1 Å².